The SMILES string of the molecule is CCC=C(C1=CC(N)(S(=O)(=O)N2CCCCC2)C(N)C=C1)c1ccccc1. The molecule has 0 radical (unpaired) electrons. The molecule has 0 saturated carbocycles. The number of allylic oxidation sites excluding steroid dienone is 4. The molecule has 1 aromatic rings. The lowest BCUT2D eigenvalue weighted by atomic mass is 9.89. The molecule has 1 aliphatic heterocycles. The van der Waals surface area contributed by atoms with Gasteiger partial charge in [-0.05, 0) is 42.0 Å². The van der Waals surface area contributed by atoms with Crippen LogP contribution >= 0.6 is 0 Å². The number of piperidine rings is 1. The molecule has 2 aliphatic rings. The molecule has 4 N–H and O–H groups in total. The molecule has 1 heterocycles. The van der Waals surface area contributed by atoms with E-state index in [1.54, 1.807) is 12.2 Å². The van der Waals surface area contributed by atoms with E-state index in [1.165, 1.54) is 4.31 Å². The maximum Gasteiger partial charge on any atom is 0.238 e. The van der Waals surface area contributed by atoms with Crippen LogP contribution in [0.4, 0.5) is 0 Å². The summed E-state index contributed by atoms with van der Waals surface area (Å²) in [7, 11) is -3.77. The van der Waals surface area contributed by atoms with E-state index in [2.05, 4.69) is 13.0 Å². The highest BCUT2D eigenvalue weighted by atomic mass is 32.2. The topological polar surface area (TPSA) is 89.4 Å². The molecule has 1 saturated heterocycles. The highest BCUT2D eigenvalue weighted by Gasteiger charge is 2.48. The maximum absolute atomic E-state index is 13.4. The van der Waals surface area contributed by atoms with Crippen molar-refractivity contribution in [3.05, 3.63) is 65.8 Å². The fourth-order valence-electron chi connectivity index (χ4n) is 3.71. The smallest absolute Gasteiger partial charge is 0.238 e. The summed E-state index contributed by atoms with van der Waals surface area (Å²) in [5.74, 6) is 0. The Morgan fingerprint density at radius 1 is 1.22 bits per heavy atom. The van der Waals surface area contributed by atoms with Gasteiger partial charge in [-0.2, -0.15) is 4.31 Å². The zero-order chi connectivity index (χ0) is 19.5. The van der Waals surface area contributed by atoms with Crippen LogP contribution in [0, 0.1) is 0 Å². The first kappa shape index (κ1) is 20.0. The third kappa shape index (κ3) is 3.80. The molecule has 0 aromatic heterocycles. The average molecular weight is 388 g/mol. The molecule has 1 aromatic carbocycles. The Bertz CT molecular complexity index is 853. The van der Waals surface area contributed by atoms with Crippen molar-refractivity contribution in [2.24, 2.45) is 11.5 Å². The Kier molecular flexibility index (Phi) is 6.01. The summed E-state index contributed by atoms with van der Waals surface area (Å²) in [6, 6.07) is 9.15. The van der Waals surface area contributed by atoms with Gasteiger partial charge in [-0.3, -0.25) is 0 Å². The first-order chi connectivity index (χ1) is 12.9. The Hall–Kier alpha value is -1.73. The van der Waals surface area contributed by atoms with Gasteiger partial charge in [0, 0.05) is 13.1 Å². The largest absolute Gasteiger partial charge is 0.322 e. The summed E-state index contributed by atoms with van der Waals surface area (Å²) in [4.78, 5) is -1.64. The van der Waals surface area contributed by atoms with Crippen LogP contribution in [0.2, 0.25) is 0 Å². The minimum atomic E-state index is -3.77. The number of hydrogen-bond donors (Lipinski definition) is 2. The Labute approximate surface area is 162 Å². The van der Waals surface area contributed by atoms with Gasteiger partial charge in [-0.15, -0.1) is 0 Å². The lowest BCUT2D eigenvalue weighted by Gasteiger charge is -2.39. The van der Waals surface area contributed by atoms with Gasteiger partial charge < -0.3 is 11.5 Å². The summed E-state index contributed by atoms with van der Waals surface area (Å²) in [5.41, 5.74) is 15.5. The van der Waals surface area contributed by atoms with Gasteiger partial charge in [0.05, 0.1) is 6.04 Å². The molecule has 5 nitrogen and oxygen atoms in total. The normalized spacial score (nSPS) is 27.4. The molecule has 6 heteroatoms. The predicted octanol–water partition coefficient (Wildman–Crippen LogP) is 2.77. The van der Waals surface area contributed by atoms with Gasteiger partial charge in [-0.25, -0.2) is 8.42 Å². The summed E-state index contributed by atoms with van der Waals surface area (Å²) in [5, 5.41) is 0. The van der Waals surface area contributed by atoms with E-state index in [1.807, 2.05) is 36.4 Å². The molecule has 0 spiro atoms. The molecule has 2 unspecified atom stereocenters. The van der Waals surface area contributed by atoms with Crippen LogP contribution in [0.5, 0.6) is 0 Å². The molecular formula is C21H29N3O2S. The summed E-state index contributed by atoms with van der Waals surface area (Å²) >= 11 is 0. The van der Waals surface area contributed by atoms with Crippen LogP contribution in [0.25, 0.3) is 5.57 Å². The van der Waals surface area contributed by atoms with Crippen molar-refractivity contribution in [2.75, 3.05) is 13.1 Å². The molecule has 1 fully saturated rings. The van der Waals surface area contributed by atoms with E-state index in [0.717, 1.165) is 42.4 Å². The minimum absolute atomic E-state index is 0.511. The molecule has 1 aliphatic carbocycles. The second-order valence-corrected chi connectivity index (χ2v) is 9.37. The van der Waals surface area contributed by atoms with Gasteiger partial charge in [-0.1, -0.05) is 61.9 Å². The first-order valence-electron chi connectivity index (χ1n) is 9.61. The molecule has 146 valence electrons. The second-order valence-electron chi connectivity index (χ2n) is 7.19. The fraction of sp³-hybridized carbons (Fsp3) is 0.429. The van der Waals surface area contributed by atoms with Crippen molar-refractivity contribution in [3.63, 3.8) is 0 Å². The number of nitrogens with zero attached hydrogens (tertiary/aromatic N) is 1. The molecular weight excluding hydrogens is 358 g/mol. The molecule has 27 heavy (non-hydrogen) atoms. The van der Waals surface area contributed by atoms with Gasteiger partial charge >= 0.3 is 0 Å². The Balaban J connectivity index is 2.04. The second kappa shape index (κ2) is 8.10. The minimum Gasteiger partial charge on any atom is -0.322 e. The van der Waals surface area contributed by atoms with Gasteiger partial charge in [0.1, 0.15) is 0 Å². The van der Waals surface area contributed by atoms with Crippen LogP contribution in [0.15, 0.2) is 60.2 Å². The van der Waals surface area contributed by atoms with E-state index >= 15 is 0 Å². The lowest BCUT2D eigenvalue weighted by Crippen LogP contribution is -2.64. The van der Waals surface area contributed by atoms with Crippen LogP contribution < -0.4 is 11.5 Å². The van der Waals surface area contributed by atoms with Crippen molar-refractivity contribution in [1.82, 2.24) is 4.31 Å². The van der Waals surface area contributed by atoms with Crippen molar-refractivity contribution in [2.45, 2.75) is 43.5 Å². The van der Waals surface area contributed by atoms with Crippen LogP contribution in [-0.4, -0.2) is 36.7 Å². The van der Waals surface area contributed by atoms with Crippen molar-refractivity contribution in [1.29, 1.82) is 0 Å². The number of hydrogen-bond acceptors (Lipinski definition) is 4. The summed E-state index contributed by atoms with van der Waals surface area (Å²) < 4.78 is 28.2. The summed E-state index contributed by atoms with van der Waals surface area (Å²) in [6.45, 7) is 3.08. The van der Waals surface area contributed by atoms with Crippen LogP contribution in [-0.2, 0) is 10.0 Å². The predicted molar refractivity (Wildman–Crippen MR) is 111 cm³/mol. The van der Waals surface area contributed by atoms with Crippen molar-refractivity contribution >= 4 is 15.6 Å². The van der Waals surface area contributed by atoms with E-state index in [4.69, 9.17) is 11.5 Å². The number of benzene rings is 1. The zero-order valence-electron chi connectivity index (χ0n) is 15.8. The molecule has 0 amide bonds. The summed E-state index contributed by atoms with van der Waals surface area (Å²) in [6.07, 6.45) is 10.9. The van der Waals surface area contributed by atoms with Crippen LogP contribution in [0.1, 0.15) is 38.2 Å². The third-order valence-corrected chi connectivity index (χ3v) is 7.62. The van der Waals surface area contributed by atoms with E-state index < -0.39 is 20.9 Å². The zero-order valence-corrected chi connectivity index (χ0v) is 16.7. The fourth-order valence-corrected chi connectivity index (χ4v) is 5.60. The number of rotatable bonds is 5. The standard InChI is InChI=1S/C21H29N3O2S/c1-2-9-19(17-10-5-3-6-11-17)18-12-13-20(22)21(23,16-18)27(25,26)24-14-7-4-8-15-24/h3,5-6,9-13,16,20H,2,4,7-8,14-15,22-23H2,1H3. The van der Waals surface area contributed by atoms with Gasteiger partial charge in [0.15, 0.2) is 4.87 Å². The van der Waals surface area contributed by atoms with E-state index in [0.29, 0.717) is 13.1 Å². The Morgan fingerprint density at radius 2 is 1.89 bits per heavy atom. The molecule has 2 atom stereocenters. The van der Waals surface area contributed by atoms with Crippen molar-refractivity contribution in [3.8, 4) is 0 Å². The average Bonchev–Trinajstić information content (AvgIpc) is 2.69. The number of sulfonamides is 1. The van der Waals surface area contributed by atoms with E-state index in [9.17, 15) is 8.42 Å². The highest BCUT2D eigenvalue weighted by molar-refractivity contribution is 7.90. The number of nitrogens with two attached hydrogens (primary N) is 2. The highest BCUT2D eigenvalue weighted by Crippen LogP contribution is 2.34. The lowest BCUT2D eigenvalue weighted by molar-refractivity contribution is 0.333. The van der Waals surface area contributed by atoms with Crippen LogP contribution in [0.3, 0.4) is 0 Å². The van der Waals surface area contributed by atoms with Gasteiger partial charge in [0.2, 0.25) is 10.0 Å². The maximum atomic E-state index is 13.4. The van der Waals surface area contributed by atoms with Gasteiger partial charge in [0.25, 0.3) is 0 Å². The molecule has 3 rings (SSSR count). The Morgan fingerprint density at radius 3 is 2.52 bits per heavy atom. The third-order valence-electron chi connectivity index (χ3n) is 5.29. The monoisotopic (exact) mass is 387 g/mol. The van der Waals surface area contributed by atoms with Crippen molar-refractivity contribution < 1.29 is 8.42 Å². The first-order valence-corrected chi connectivity index (χ1v) is 11.1. The van der Waals surface area contributed by atoms with E-state index in [-0.39, 0.29) is 0 Å². The molecule has 0 bridgehead atoms. The quantitative estimate of drug-likeness (QED) is 0.813.